The van der Waals surface area contributed by atoms with E-state index in [2.05, 4.69) is 10.4 Å². The molecule has 1 aromatic heterocycles. The van der Waals surface area contributed by atoms with E-state index in [1.807, 2.05) is 49.2 Å². The Bertz CT molecular complexity index is 746. The van der Waals surface area contributed by atoms with E-state index in [-0.39, 0.29) is 18.6 Å². The lowest BCUT2D eigenvalue weighted by Gasteiger charge is -2.16. The predicted octanol–water partition coefficient (Wildman–Crippen LogP) is 0.952. The Morgan fingerprint density at radius 2 is 2.19 bits per heavy atom. The van der Waals surface area contributed by atoms with Gasteiger partial charge in [-0.1, -0.05) is 24.3 Å². The van der Waals surface area contributed by atoms with Crippen LogP contribution in [0.1, 0.15) is 18.1 Å². The number of amides is 1. The monoisotopic (exact) mass is 358 g/mol. The summed E-state index contributed by atoms with van der Waals surface area (Å²) >= 11 is 0. The number of aryl methyl sites for hydroxylation is 2. The van der Waals surface area contributed by atoms with Crippen molar-refractivity contribution in [3.8, 4) is 5.75 Å². The molecule has 2 aromatic rings. The van der Waals surface area contributed by atoms with Crippen LogP contribution in [0.25, 0.3) is 0 Å². The first-order valence-electron chi connectivity index (χ1n) is 8.96. The number of benzene rings is 1. The van der Waals surface area contributed by atoms with Crippen LogP contribution in [0, 0.1) is 6.92 Å². The Morgan fingerprint density at radius 3 is 2.92 bits per heavy atom. The fraction of sp³-hybridized carbons (Fsp3) is 0.474. The first-order valence-corrected chi connectivity index (χ1v) is 8.96. The summed E-state index contributed by atoms with van der Waals surface area (Å²) in [5.74, 6) is 0.585. The predicted molar refractivity (Wildman–Crippen MR) is 97.8 cm³/mol. The molecule has 0 saturated carbocycles. The average molecular weight is 358 g/mol. The average Bonchev–Trinajstić information content (AvgIpc) is 3.21. The molecule has 1 amide bonds. The summed E-state index contributed by atoms with van der Waals surface area (Å²) in [6.45, 7) is 6.48. The minimum absolute atomic E-state index is 0.0556. The number of β-amino-alcohol motifs (C(OH)–C–C–N with tert-alkyl or cyclic N) is 1. The van der Waals surface area contributed by atoms with Gasteiger partial charge in [0.2, 0.25) is 5.91 Å². The number of nitrogens with zero attached hydrogens (tertiary/aromatic N) is 3. The van der Waals surface area contributed by atoms with Crippen molar-refractivity contribution in [2.75, 3.05) is 19.6 Å². The Hall–Kier alpha value is -2.38. The van der Waals surface area contributed by atoms with E-state index in [1.54, 1.807) is 10.9 Å². The van der Waals surface area contributed by atoms with E-state index in [0.29, 0.717) is 25.4 Å². The molecule has 2 N–H and O–H groups in total. The fourth-order valence-corrected chi connectivity index (χ4v) is 3.09. The standard InChI is InChI=1S/C19H26N4O3/c1-3-23-10-16(9-21-23)26-18-12-22(11-17(18)24)13-19(25)20-8-15-7-5-4-6-14(15)2/h4-7,9-10,17-18,24H,3,8,11-13H2,1-2H3,(H,20,25)/t17-,18-/m1/s1. The molecule has 1 aromatic carbocycles. The number of ether oxygens (including phenoxy) is 1. The molecule has 7 heteroatoms. The minimum Gasteiger partial charge on any atom is -0.483 e. The van der Waals surface area contributed by atoms with Crippen molar-refractivity contribution in [3.63, 3.8) is 0 Å². The first-order chi connectivity index (χ1) is 12.5. The van der Waals surface area contributed by atoms with Crippen molar-refractivity contribution in [2.45, 2.75) is 39.1 Å². The zero-order valence-corrected chi connectivity index (χ0v) is 15.3. The second-order valence-corrected chi connectivity index (χ2v) is 6.65. The van der Waals surface area contributed by atoms with Gasteiger partial charge in [-0.25, -0.2) is 0 Å². The molecule has 7 nitrogen and oxygen atoms in total. The summed E-state index contributed by atoms with van der Waals surface area (Å²) in [6, 6.07) is 7.99. The maximum Gasteiger partial charge on any atom is 0.234 e. The van der Waals surface area contributed by atoms with E-state index in [9.17, 15) is 9.90 Å². The smallest absolute Gasteiger partial charge is 0.234 e. The molecule has 2 heterocycles. The third-order valence-electron chi connectivity index (χ3n) is 4.64. The van der Waals surface area contributed by atoms with Gasteiger partial charge in [-0.15, -0.1) is 0 Å². The fourth-order valence-electron chi connectivity index (χ4n) is 3.09. The number of hydrogen-bond donors (Lipinski definition) is 2. The molecular formula is C19H26N4O3. The van der Waals surface area contributed by atoms with E-state index in [0.717, 1.165) is 17.7 Å². The summed E-state index contributed by atoms with van der Waals surface area (Å²) in [5.41, 5.74) is 2.27. The number of carbonyl (C=O) groups is 1. The third kappa shape index (κ3) is 4.62. The van der Waals surface area contributed by atoms with Crippen molar-refractivity contribution in [3.05, 3.63) is 47.8 Å². The molecule has 0 unspecified atom stereocenters. The van der Waals surface area contributed by atoms with Gasteiger partial charge < -0.3 is 15.2 Å². The topological polar surface area (TPSA) is 79.6 Å². The summed E-state index contributed by atoms with van der Waals surface area (Å²) in [6.07, 6.45) is 2.48. The Balaban J connectivity index is 1.46. The number of aliphatic hydroxyl groups excluding tert-OH is 1. The van der Waals surface area contributed by atoms with Gasteiger partial charge in [0.15, 0.2) is 5.75 Å². The summed E-state index contributed by atoms with van der Waals surface area (Å²) in [7, 11) is 0. The largest absolute Gasteiger partial charge is 0.483 e. The molecule has 1 fully saturated rings. The number of carbonyl (C=O) groups excluding carboxylic acids is 1. The van der Waals surface area contributed by atoms with Crippen LogP contribution in [0.4, 0.5) is 0 Å². The van der Waals surface area contributed by atoms with Crippen molar-refractivity contribution in [1.29, 1.82) is 0 Å². The molecule has 1 aliphatic rings. The lowest BCUT2D eigenvalue weighted by Crippen LogP contribution is -2.36. The summed E-state index contributed by atoms with van der Waals surface area (Å²) in [4.78, 5) is 14.1. The SMILES string of the molecule is CCn1cc(O[C@@H]2CN(CC(=O)NCc3ccccc3C)C[C@H]2O)cn1. The van der Waals surface area contributed by atoms with Crippen LogP contribution >= 0.6 is 0 Å². The maximum absolute atomic E-state index is 12.2. The van der Waals surface area contributed by atoms with E-state index in [4.69, 9.17) is 4.74 Å². The number of aromatic nitrogens is 2. The second-order valence-electron chi connectivity index (χ2n) is 6.65. The van der Waals surface area contributed by atoms with Crippen molar-refractivity contribution >= 4 is 5.91 Å². The molecule has 0 spiro atoms. The second kappa shape index (κ2) is 8.33. The molecule has 0 radical (unpaired) electrons. The van der Waals surface area contributed by atoms with Crippen molar-refractivity contribution in [2.24, 2.45) is 0 Å². The van der Waals surface area contributed by atoms with E-state index >= 15 is 0 Å². The highest BCUT2D eigenvalue weighted by Gasteiger charge is 2.34. The summed E-state index contributed by atoms with van der Waals surface area (Å²) < 4.78 is 7.59. The molecule has 2 atom stereocenters. The van der Waals surface area contributed by atoms with Crippen LogP contribution in [0.2, 0.25) is 0 Å². The van der Waals surface area contributed by atoms with Gasteiger partial charge in [0, 0.05) is 26.2 Å². The number of hydrogen-bond acceptors (Lipinski definition) is 5. The highest BCUT2D eigenvalue weighted by atomic mass is 16.5. The first kappa shape index (κ1) is 18.4. The molecule has 140 valence electrons. The quantitative estimate of drug-likeness (QED) is 0.770. The van der Waals surface area contributed by atoms with Crippen LogP contribution in [0.5, 0.6) is 5.75 Å². The molecular weight excluding hydrogens is 332 g/mol. The van der Waals surface area contributed by atoms with Crippen molar-refractivity contribution in [1.82, 2.24) is 20.0 Å². The number of rotatable bonds is 7. The highest BCUT2D eigenvalue weighted by molar-refractivity contribution is 5.78. The number of nitrogens with one attached hydrogen (secondary N) is 1. The van der Waals surface area contributed by atoms with Crippen LogP contribution in [0.15, 0.2) is 36.7 Å². The Kier molecular flexibility index (Phi) is 5.90. The molecule has 1 aliphatic heterocycles. The molecule has 3 rings (SSSR count). The van der Waals surface area contributed by atoms with Gasteiger partial charge >= 0.3 is 0 Å². The number of likely N-dealkylation sites (tertiary alicyclic amines) is 1. The van der Waals surface area contributed by atoms with E-state index < -0.39 is 6.10 Å². The van der Waals surface area contributed by atoms with Gasteiger partial charge in [0.25, 0.3) is 0 Å². The van der Waals surface area contributed by atoms with Crippen LogP contribution in [0.3, 0.4) is 0 Å². The van der Waals surface area contributed by atoms with Crippen LogP contribution in [-0.2, 0) is 17.9 Å². The Labute approximate surface area is 153 Å². The normalized spacial score (nSPS) is 20.3. The third-order valence-corrected chi connectivity index (χ3v) is 4.64. The minimum atomic E-state index is -0.621. The maximum atomic E-state index is 12.2. The van der Waals surface area contributed by atoms with Gasteiger partial charge in [0.05, 0.1) is 18.9 Å². The molecule has 26 heavy (non-hydrogen) atoms. The van der Waals surface area contributed by atoms with Gasteiger partial charge in [-0.05, 0) is 25.0 Å². The number of aliphatic hydroxyl groups is 1. The molecule has 0 bridgehead atoms. The lowest BCUT2D eigenvalue weighted by molar-refractivity contribution is -0.122. The molecule has 0 aliphatic carbocycles. The van der Waals surface area contributed by atoms with Crippen LogP contribution < -0.4 is 10.1 Å². The zero-order chi connectivity index (χ0) is 18.5. The highest BCUT2D eigenvalue weighted by Crippen LogP contribution is 2.18. The van der Waals surface area contributed by atoms with Gasteiger partial charge in [-0.3, -0.25) is 14.4 Å². The molecule has 1 saturated heterocycles. The Morgan fingerprint density at radius 1 is 1.38 bits per heavy atom. The van der Waals surface area contributed by atoms with Gasteiger partial charge in [-0.2, -0.15) is 5.10 Å². The van der Waals surface area contributed by atoms with Crippen molar-refractivity contribution < 1.29 is 14.6 Å². The van der Waals surface area contributed by atoms with Crippen LogP contribution in [-0.4, -0.2) is 57.5 Å². The lowest BCUT2D eigenvalue weighted by atomic mass is 10.1. The zero-order valence-electron chi connectivity index (χ0n) is 15.3. The van der Waals surface area contributed by atoms with Gasteiger partial charge in [0.1, 0.15) is 12.2 Å². The summed E-state index contributed by atoms with van der Waals surface area (Å²) in [5, 5.41) is 17.3. The van der Waals surface area contributed by atoms with E-state index in [1.165, 1.54) is 0 Å².